The van der Waals surface area contributed by atoms with Crippen LogP contribution in [-0.2, 0) is 17.8 Å². The Balaban J connectivity index is 3.29. The molecule has 0 atom stereocenters. The Morgan fingerprint density at radius 2 is 2.06 bits per heavy atom. The van der Waals surface area contributed by atoms with Crippen molar-refractivity contribution in [2.24, 2.45) is 4.99 Å². The summed E-state index contributed by atoms with van der Waals surface area (Å²) in [6, 6.07) is 3.81. The Kier molecular flexibility index (Phi) is 4.55. The van der Waals surface area contributed by atoms with Crippen molar-refractivity contribution in [2.75, 3.05) is 14.2 Å². The summed E-state index contributed by atoms with van der Waals surface area (Å²) in [6.07, 6.45) is 2.39. The lowest BCUT2D eigenvalue weighted by Gasteiger charge is -2.14. The van der Waals surface area contributed by atoms with Crippen LogP contribution in [0.15, 0.2) is 17.1 Å². The number of carbonyl (C=O) groups excluding carboxylic acids is 1. The molecule has 0 amide bonds. The van der Waals surface area contributed by atoms with Crippen molar-refractivity contribution < 1.29 is 14.3 Å². The number of aryl methyl sites for hydroxylation is 1. The Morgan fingerprint density at radius 3 is 2.56 bits per heavy atom. The molecule has 0 bridgehead atoms. The van der Waals surface area contributed by atoms with Gasteiger partial charge in [-0.1, -0.05) is 13.0 Å². The first-order chi connectivity index (χ1) is 7.78. The summed E-state index contributed by atoms with van der Waals surface area (Å²) < 4.78 is 10.5. The molecule has 0 aliphatic carbocycles. The van der Waals surface area contributed by atoms with E-state index in [4.69, 9.17) is 9.47 Å². The third-order valence-electron chi connectivity index (χ3n) is 2.43. The Labute approximate surface area is 94.9 Å². The molecule has 0 radical (unpaired) electrons. The maximum atomic E-state index is 10.2. The standard InChI is InChI=1S/C12H15NO3/c1-4-9-5-6-11(15-2)12(16-3)10(9)7-13-8-14/h5-6H,4,7H2,1-3H3. The summed E-state index contributed by atoms with van der Waals surface area (Å²) in [7, 11) is 3.15. The van der Waals surface area contributed by atoms with Gasteiger partial charge in [0.2, 0.25) is 6.08 Å². The van der Waals surface area contributed by atoms with Crippen molar-refractivity contribution in [3.63, 3.8) is 0 Å². The van der Waals surface area contributed by atoms with Gasteiger partial charge in [-0.05, 0) is 18.1 Å². The first kappa shape index (κ1) is 12.3. The molecule has 16 heavy (non-hydrogen) atoms. The van der Waals surface area contributed by atoms with Crippen LogP contribution in [0, 0.1) is 0 Å². The van der Waals surface area contributed by atoms with Crippen LogP contribution in [-0.4, -0.2) is 20.3 Å². The van der Waals surface area contributed by atoms with Crippen LogP contribution in [0.4, 0.5) is 0 Å². The van der Waals surface area contributed by atoms with Crippen molar-refractivity contribution in [2.45, 2.75) is 19.9 Å². The molecule has 0 saturated heterocycles. The van der Waals surface area contributed by atoms with Crippen LogP contribution < -0.4 is 9.47 Å². The van der Waals surface area contributed by atoms with E-state index in [2.05, 4.69) is 4.99 Å². The summed E-state index contributed by atoms with van der Waals surface area (Å²) in [4.78, 5) is 13.8. The highest BCUT2D eigenvalue weighted by atomic mass is 16.5. The lowest BCUT2D eigenvalue weighted by molar-refractivity contribution is 0.351. The van der Waals surface area contributed by atoms with E-state index >= 15 is 0 Å². The molecule has 0 aromatic heterocycles. The molecule has 0 saturated carbocycles. The molecular weight excluding hydrogens is 206 g/mol. The zero-order valence-electron chi connectivity index (χ0n) is 9.74. The SMILES string of the molecule is CCc1ccc(OC)c(OC)c1CN=C=O. The van der Waals surface area contributed by atoms with Crippen molar-refractivity contribution in [3.8, 4) is 11.5 Å². The third-order valence-corrected chi connectivity index (χ3v) is 2.43. The van der Waals surface area contributed by atoms with Crippen LogP contribution in [0.25, 0.3) is 0 Å². The normalized spacial score (nSPS) is 9.44. The van der Waals surface area contributed by atoms with Crippen molar-refractivity contribution >= 4 is 6.08 Å². The van der Waals surface area contributed by atoms with Gasteiger partial charge in [0.15, 0.2) is 11.5 Å². The second-order valence-corrected chi connectivity index (χ2v) is 3.20. The molecule has 86 valence electrons. The van der Waals surface area contributed by atoms with E-state index in [9.17, 15) is 4.79 Å². The van der Waals surface area contributed by atoms with Crippen LogP contribution in [0.5, 0.6) is 11.5 Å². The second kappa shape index (κ2) is 5.93. The third kappa shape index (κ3) is 2.41. The van der Waals surface area contributed by atoms with Gasteiger partial charge in [0.05, 0.1) is 20.8 Å². The molecule has 0 spiro atoms. The molecular formula is C12H15NO3. The largest absolute Gasteiger partial charge is 0.493 e. The molecule has 1 aromatic rings. The minimum absolute atomic E-state index is 0.271. The van der Waals surface area contributed by atoms with Gasteiger partial charge in [-0.3, -0.25) is 0 Å². The number of benzene rings is 1. The summed E-state index contributed by atoms with van der Waals surface area (Å²) in [5, 5.41) is 0. The van der Waals surface area contributed by atoms with Gasteiger partial charge in [0.25, 0.3) is 0 Å². The monoisotopic (exact) mass is 221 g/mol. The smallest absolute Gasteiger partial charge is 0.235 e. The minimum Gasteiger partial charge on any atom is -0.493 e. The summed E-state index contributed by atoms with van der Waals surface area (Å²) in [5.41, 5.74) is 1.98. The summed E-state index contributed by atoms with van der Waals surface area (Å²) in [6.45, 7) is 2.31. The van der Waals surface area contributed by atoms with Gasteiger partial charge in [-0.25, -0.2) is 9.79 Å². The van der Waals surface area contributed by atoms with Crippen LogP contribution >= 0.6 is 0 Å². The first-order valence-electron chi connectivity index (χ1n) is 5.04. The van der Waals surface area contributed by atoms with Gasteiger partial charge in [-0.2, -0.15) is 0 Å². The quantitative estimate of drug-likeness (QED) is 0.565. The van der Waals surface area contributed by atoms with Gasteiger partial charge < -0.3 is 9.47 Å². The molecule has 0 aliphatic rings. The summed E-state index contributed by atoms with van der Waals surface area (Å²) >= 11 is 0. The summed E-state index contributed by atoms with van der Waals surface area (Å²) in [5.74, 6) is 1.29. The number of methoxy groups -OCH3 is 2. The number of hydrogen-bond acceptors (Lipinski definition) is 4. The lowest BCUT2D eigenvalue weighted by atomic mass is 10.0. The van der Waals surface area contributed by atoms with E-state index in [1.807, 2.05) is 19.1 Å². The Morgan fingerprint density at radius 1 is 1.31 bits per heavy atom. The molecule has 1 aromatic carbocycles. The van der Waals surface area contributed by atoms with Crippen molar-refractivity contribution in [1.82, 2.24) is 0 Å². The number of isocyanates is 1. The van der Waals surface area contributed by atoms with Crippen molar-refractivity contribution in [1.29, 1.82) is 0 Å². The molecule has 0 aliphatic heterocycles. The fraction of sp³-hybridized carbons (Fsp3) is 0.417. The fourth-order valence-corrected chi connectivity index (χ4v) is 1.65. The molecule has 0 heterocycles. The topological polar surface area (TPSA) is 47.9 Å². The van der Waals surface area contributed by atoms with E-state index in [0.29, 0.717) is 11.5 Å². The highest BCUT2D eigenvalue weighted by Gasteiger charge is 2.13. The minimum atomic E-state index is 0.271. The molecule has 4 nitrogen and oxygen atoms in total. The number of nitrogens with zero attached hydrogens (tertiary/aromatic N) is 1. The van der Waals surface area contributed by atoms with Crippen LogP contribution in [0.1, 0.15) is 18.1 Å². The van der Waals surface area contributed by atoms with E-state index < -0.39 is 0 Å². The van der Waals surface area contributed by atoms with Crippen molar-refractivity contribution in [3.05, 3.63) is 23.3 Å². The van der Waals surface area contributed by atoms with Gasteiger partial charge in [0, 0.05) is 5.56 Å². The number of hydrogen-bond donors (Lipinski definition) is 0. The average Bonchev–Trinajstić information content (AvgIpc) is 2.34. The zero-order chi connectivity index (χ0) is 12.0. The number of ether oxygens (including phenoxy) is 2. The lowest BCUT2D eigenvalue weighted by Crippen LogP contribution is -1.99. The van der Waals surface area contributed by atoms with E-state index in [0.717, 1.165) is 17.5 Å². The van der Waals surface area contributed by atoms with E-state index in [1.54, 1.807) is 14.2 Å². The van der Waals surface area contributed by atoms with Crippen LogP contribution in [0.3, 0.4) is 0 Å². The Hall–Kier alpha value is -1.80. The number of aliphatic imine (C=N–C) groups is 1. The maximum Gasteiger partial charge on any atom is 0.235 e. The Bertz CT molecular complexity index is 409. The molecule has 4 heteroatoms. The van der Waals surface area contributed by atoms with E-state index in [1.165, 1.54) is 6.08 Å². The van der Waals surface area contributed by atoms with Gasteiger partial charge >= 0.3 is 0 Å². The molecule has 0 fully saturated rings. The molecule has 0 unspecified atom stereocenters. The fourth-order valence-electron chi connectivity index (χ4n) is 1.65. The first-order valence-corrected chi connectivity index (χ1v) is 5.04. The van der Waals surface area contributed by atoms with Crippen LogP contribution in [0.2, 0.25) is 0 Å². The second-order valence-electron chi connectivity index (χ2n) is 3.20. The predicted octanol–water partition coefficient (Wildman–Crippen LogP) is 2.10. The highest BCUT2D eigenvalue weighted by Crippen LogP contribution is 2.34. The molecule has 1 rings (SSSR count). The maximum absolute atomic E-state index is 10.2. The van der Waals surface area contributed by atoms with Gasteiger partial charge in [-0.15, -0.1) is 0 Å². The van der Waals surface area contributed by atoms with Gasteiger partial charge in [0.1, 0.15) is 0 Å². The average molecular weight is 221 g/mol. The number of rotatable bonds is 5. The zero-order valence-corrected chi connectivity index (χ0v) is 9.74. The molecule has 0 N–H and O–H groups in total. The predicted molar refractivity (Wildman–Crippen MR) is 60.7 cm³/mol. The van der Waals surface area contributed by atoms with E-state index in [-0.39, 0.29) is 6.54 Å². The highest BCUT2D eigenvalue weighted by molar-refractivity contribution is 5.51.